The highest BCUT2D eigenvalue weighted by Crippen LogP contribution is 2.53. The van der Waals surface area contributed by atoms with Gasteiger partial charge >= 0.3 is 0 Å². The molecule has 0 heterocycles. The fourth-order valence-electron chi connectivity index (χ4n) is 2.84. The van der Waals surface area contributed by atoms with Gasteiger partial charge < -0.3 is 18.9 Å². The number of methoxy groups -OCH3 is 4. The Bertz CT molecular complexity index is 1110. The van der Waals surface area contributed by atoms with Crippen LogP contribution in [0.4, 0.5) is 0 Å². The molecular formula is C16H16Br2O10S2. The molecule has 0 spiro atoms. The smallest absolute Gasteiger partial charge is 0.299 e. The molecule has 2 rings (SSSR count). The van der Waals surface area contributed by atoms with Crippen molar-refractivity contribution in [2.75, 3.05) is 28.4 Å². The van der Waals surface area contributed by atoms with Crippen molar-refractivity contribution in [1.82, 2.24) is 0 Å². The van der Waals surface area contributed by atoms with E-state index in [1.807, 2.05) is 0 Å². The van der Waals surface area contributed by atoms with E-state index in [0.29, 0.717) is 0 Å². The molecule has 0 saturated carbocycles. The molecule has 0 atom stereocenters. The summed E-state index contributed by atoms with van der Waals surface area (Å²) in [7, 11) is -5.35. The van der Waals surface area contributed by atoms with Gasteiger partial charge in [-0.15, -0.1) is 0 Å². The summed E-state index contributed by atoms with van der Waals surface area (Å²) in [5, 5.41) is 0. The van der Waals surface area contributed by atoms with Crippen LogP contribution in [0.5, 0.6) is 23.0 Å². The largest absolute Gasteiger partial charge is 0.496 e. The zero-order valence-corrected chi connectivity index (χ0v) is 20.7. The molecular weight excluding hydrogens is 576 g/mol. The SMILES string of the molecule is COc1cc(Br)c(OC)c(S(=O)(=O)O)c1-c1c(OC)cc(Br)c(OC)c1S(=O)(=O)O. The minimum absolute atomic E-state index is 0.0923. The maximum Gasteiger partial charge on any atom is 0.299 e. The Morgan fingerprint density at radius 2 is 0.967 bits per heavy atom. The molecule has 0 radical (unpaired) electrons. The molecule has 166 valence electrons. The summed E-state index contributed by atoms with van der Waals surface area (Å²) in [5.41, 5.74) is -0.870. The molecule has 30 heavy (non-hydrogen) atoms. The first-order valence-electron chi connectivity index (χ1n) is 7.67. The van der Waals surface area contributed by atoms with E-state index in [9.17, 15) is 25.9 Å². The average Bonchev–Trinajstić information content (AvgIpc) is 2.64. The molecule has 0 saturated heterocycles. The van der Waals surface area contributed by atoms with Gasteiger partial charge in [-0.05, 0) is 44.0 Å². The average molecular weight is 592 g/mol. The zero-order valence-electron chi connectivity index (χ0n) is 15.9. The van der Waals surface area contributed by atoms with Gasteiger partial charge in [-0.3, -0.25) is 9.11 Å². The van der Waals surface area contributed by atoms with E-state index in [0.717, 1.165) is 14.2 Å². The lowest BCUT2D eigenvalue weighted by atomic mass is 10.0. The third-order valence-electron chi connectivity index (χ3n) is 3.92. The molecule has 0 bridgehead atoms. The van der Waals surface area contributed by atoms with E-state index in [2.05, 4.69) is 31.9 Å². The number of halogens is 2. The summed E-state index contributed by atoms with van der Waals surface area (Å²) in [6.45, 7) is 0. The predicted molar refractivity (Wildman–Crippen MR) is 113 cm³/mol. The van der Waals surface area contributed by atoms with Crippen LogP contribution in [0.2, 0.25) is 0 Å². The van der Waals surface area contributed by atoms with Gasteiger partial charge in [0.1, 0.15) is 21.3 Å². The van der Waals surface area contributed by atoms with E-state index < -0.39 is 41.2 Å². The minimum Gasteiger partial charge on any atom is -0.496 e. The Morgan fingerprint density at radius 1 is 0.667 bits per heavy atom. The molecule has 0 aliphatic rings. The third-order valence-corrected chi connectivity index (χ3v) is 6.91. The number of ether oxygens (including phenoxy) is 4. The highest BCUT2D eigenvalue weighted by molar-refractivity contribution is 9.11. The number of hydrogen-bond donors (Lipinski definition) is 2. The van der Waals surface area contributed by atoms with Gasteiger partial charge in [0.15, 0.2) is 11.5 Å². The monoisotopic (exact) mass is 590 g/mol. The second kappa shape index (κ2) is 8.88. The summed E-state index contributed by atoms with van der Waals surface area (Å²) in [6, 6.07) is 2.59. The summed E-state index contributed by atoms with van der Waals surface area (Å²) in [5.74, 6) is -1.03. The highest BCUT2D eigenvalue weighted by atomic mass is 79.9. The first-order valence-corrected chi connectivity index (χ1v) is 12.1. The Labute approximate surface area is 189 Å². The third kappa shape index (κ3) is 4.38. The van der Waals surface area contributed by atoms with E-state index in [-0.39, 0.29) is 31.9 Å². The van der Waals surface area contributed by atoms with Gasteiger partial charge in [-0.25, -0.2) is 0 Å². The van der Waals surface area contributed by atoms with Crippen LogP contribution < -0.4 is 18.9 Å². The fraction of sp³-hybridized carbons (Fsp3) is 0.250. The number of hydrogen-bond acceptors (Lipinski definition) is 8. The summed E-state index contributed by atoms with van der Waals surface area (Å²) < 4.78 is 90.0. The van der Waals surface area contributed by atoms with E-state index in [1.54, 1.807) is 0 Å². The van der Waals surface area contributed by atoms with Crippen LogP contribution in [-0.2, 0) is 20.2 Å². The van der Waals surface area contributed by atoms with Crippen molar-refractivity contribution >= 4 is 52.1 Å². The summed E-state index contributed by atoms with van der Waals surface area (Å²) in [6.07, 6.45) is 0. The maximum atomic E-state index is 12.3. The summed E-state index contributed by atoms with van der Waals surface area (Å²) >= 11 is 6.24. The van der Waals surface area contributed by atoms with Gasteiger partial charge in [0.25, 0.3) is 20.2 Å². The summed E-state index contributed by atoms with van der Waals surface area (Å²) in [4.78, 5) is -1.63. The normalized spacial score (nSPS) is 11.9. The molecule has 0 unspecified atom stereocenters. The lowest BCUT2D eigenvalue weighted by molar-refractivity contribution is 0.380. The van der Waals surface area contributed by atoms with Crippen LogP contribution in [0.3, 0.4) is 0 Å². The standard InChI is InChI=1S/C16H16Br2O10S2/c1-25-9-5-7(17)13(27-3)15(29(19,20)21)11(9)12-10(26-2)6-8(18)14(28-4)16(12)30(22,23)24/h5-6H,1-4H3,(H,19,20,21)(H,22,23,24). The first-order chi connectivity index (χ1) is 13.8. The molecule has 2 N–H and O–H groups in total. The van der Waals surface area contributed by atoms with E-state index in [4.69, 9.17) is 18.9 Å². The van der Waals surface area contributed by atoms with Crippen LogP contribution in [-0.4, -0.2) is 54.4 Å². The molecule has 0 aromatic heterocycles. The molecule has 2 aromatic carbocycles. The predicted octanol–water partition coefficient (Wildman–Crippen LogP) is 3.41. The molecule has 0 aliphatic carbocycles. The molecule has 2 aromatic rings. The van der Waals surface area contributed by atoms with Gasteiger partial charge in [0.2, 0.25) is 0 Å². The molecule has 10 nitrogen and oxygen atoms in total. The van der Waals surface area contributed by atoms with Crippen molar-refractivity contribution in [2.45, 2.75) is 9.79 Å². The van der Waals surface area contributed by atoms with Gasteiger partial charge in [-0.2, -0.15) is 16.8 Å². The first kappa shape index (κ1) is 24.7. The van der Waals surface area contributed by atoms with Crippen LogP contribution in [0.1, 0.15) is 0 Å². The second-order valence-corrected chi connectivity index (χ2v) is 9.97. The minimum atomic E-state index is -5.02. The lowest BCUT2D eigenvalue weighted by Gasteiger charge is -2.22. The fourth-order valence-corrected chi connectivity index (χ4v) is 6.02. The van der Waals surface area contributed by atoms with Gasteiger partial charge in [-0.1, -0.05) is 0 Å². The Morgan fingerprint density at radius 3 is 1.17 bits per heavy atom. The Kier molecular flexibility index (Phi) is 7.31. The quantitative estimate of drug-likeness (QED) is 0.459. The topological polar surface area (TPSA) is 146 Å². The van der Waals surface area contributed by atoms with Crippen molar-refractivity contribution in [3.8, 4) is 34.1 Å². The van der Waals surface area contributed by atoms with Crippen molar-refractivity contribution in [3.05, 3.63) is 21.1 Å². The van der Waals surface area contributed by atoms with Crippen LogP contribution >= 0.6 is 31.9 Å². The van der Waals surface area contributed by atoms with Crippen molar-refractivity contribution in [2.24, 2.45) is 0 Å². The van der Waals surface area contributed by atoms with Gasteiger partial charge in [0, 0.05) is 0 Å². The molecule has 0 amide bonds. The van der Waals surface area contributed by atoms with Crippen LogP contribution in [0.25, 0.3) is 11.1 Å². The zero-order chi connectivity index (χ0) is 23.0. The Hall–Kier alpha value is -1.58. The number of benzene rings is 2. The van der Waals surface area contributed by atoms with Crippen molar-refractivity contribution < 1.29 is 44.9 Å². The maximum absolute atomic E-state index is 12.3. The molecule has 14 heteroatoms. The van der Waals surface area contributed by atoms with Gasteiger partial charge in [0.05, 0.1) is 48.5 Å². The lowest BCUT2D eigenvalue weighted by Crippen LogP contribution is -2.11. The molecule has 0 aliphatic heterocycles. The van der Waals surface area contributed by atoms with E-state index in [1.165, 1.54) is 26.4 Å². The number of rotatable bonds is 7. The molecule has 0 fully saturated rings. The Balaban J connectivity index is 3.36. The van der Waals surface area contributed by atoms with E-state index >= 15 is 0 Å². The highest BCUT2D eigenvalue weighted by Gasteiger charge is 2.36. The van der Waals surface area contributed by atoms with Crippen LogP contribution in [0, 0.1) is 0 Å². The van der Waals surface area contributed by atoms with Crippen LogP contribution in [0.15, 0.2) is 30.9 Å². The second-order valence-electron chi connectivity index (χ2n) is 5.55. The van der Waals surface area contributed by atoms with Crippen molar-refractivity contribution in [1.29, 1.82) is 0 Å². The van der Waals surface area contributed by atoms with Crippen molar-refractivity contribution in [3.63, 3.8) is 0 Å².